The van der Waals surface area contributed by atoms with Gasteiger partial charge in [-0.2, -0.15) is 0 Å². The molecule has 4 N–H and O–H groups in total. The molecule has 0 aliphatic carbocycles. The van der Waals surface area contributed by atoms with Crippen LogP contribution in [0.25, 0.3) is 0 Å². The lowest BCUT2D eigenvalue weighted by Crippen LogP contribution is -2.57. The summed E-state index contributed by atoms with van der Waals surface area (Å²) in [6, 6.07) is 5.95. The average Bonchev–Trinajstić information content (AvgIpc) is 2.68. The molecule has 0 aliphatic heterocycles. The molecule has 0 spiro atoms. The summed E-state index contributed by atoms with van der Waals surface area (Å²) in [6.45, 7) is 4.45. The molecule has 4 atom stereocenters. The first kappa shape index (κ1) is 24.9. The van der Waals surface area contributed by atoms with Gasteiger partial charge in [-0.05, 0) is 25.3 Å². The number of benzene rings is 1. The van der Waals surface area contributed by atoms with E-state index in [4.69, 9.17) is 9.47 Å². The predicted octanol–water partition coefficient (Wildman–Crippen LogP) is 0.821. The minimum Gasteiger partial charge on any atom is -0.480 e. The van der Waals surface area contributed by atoms with Gasteiger partial charge in [0.2, 0.25) is 5.91 Å². The van der Waals surface area contributed by atoms with Gasteiger partial charge in [0.05, 0.1) is 19.1 Å². The lowest BCUT2D eigenvalue weighted by Gasteiger charge is -2.25. The molecule has 1 aromatic carbocycles. The zero-order valence-electron chi connectivity index (χ0n) is 17.2. The van der Waals surface area contributed by atoms with Crippen LogP contribution in [-0.2, 0) is 30.5 Å². The number of rotatable bonds is 11. The van der Waals surface area contributed by atoms with Gasteiger partial charge >= 0.3 is 18.0 Å². The summed E-state index contributed by atoms with van der Waals surface area (Å²) in [6.07, 6.45) is -2.51. The molecule has 0 fully saturated rings. The van der Waals surface area contributed by atoms with Gasteiger partial charge in [0.15, 0.2) is 0 Å². The summed E-state index contributed by atoms with van der Waals surface area (Å²) in [5, 5.41) is 23.7. The van der Waals surface area contributed by atoms with Gasteiger partial charge in [0.25, 0.3) is 0 Å². The Hall–Kier alpha value is -3.14. The molecule has 30 heavy (non-hydrogen) atoms. The number of carboxylic acid groups (broad SMARTS) is 1. The third-order valence-electron chi connectivity index (χ3n) is 4.18. The number of nitrogens with one attached hydrogen (secondary N) is 2. The molecular formula is C20H28N2O8. The van der Waals surface area contributed by atoms with Crippen molar-refractivity contribution in [3.63, 3.8) is 0 Å². The van der Waals surface area contributed by atoms with Crippen molar-refractivity contribution in [1.29, 1.82) is 0 Å². The Kier molecular flexibility index (Phi) is 10.3. The molecule has 0 unspecified atom stereocenters. The Balaban J connectivity index is 2.72. The predicted molar refractivity (Wildman–Crippen MR) is 105 cm³/mol. The summed E-state index contributed by atoms with van der Waals surface area (Å²) in [7, 11) is 0. The molecule has 0 saturated heterocycles. The summed E-state index contributed by atoms with van der Waals surface area (Å²) < 4.78 is 9.81. The van der Waals surface area contributed by atoms with Crippen LogP contribution >= 0.6 is 0 Å². The second-order valence-electron chi connectivity index (χ2n) is 6.74. The number of alkyl carbamates (subject to hydrolysis) is 1. The molecule has 1 rings (SSSR count). The number of carbonyl (C=O) groups excluding carboxylic acids is 3. The zero-order chi connectivity index (χ0) is 22.7. The highest BCUT2D eigenvalue weighted by atomic mass is 16.5. The molecule has 0 radical (unpaired) electrons. The van der Waals surface area contributed by atoms with Crippen molar-refractivity contribution >= 4 is 23.9 Å². The largest absolute Gasteiger partial charge is 0.480 e. The second-order valence-corrected chi connectivity index (χ2v) is 6.74. The fourth-order valence-corrected chi connectivity index (χ4v) is 2.59. The summed E-state index contributed by atoms with van der Waals surface area (Å²) in [5.41, 5.74) is 0.726. The Bertz CT molecular complexity index is 723. The third-order valence-corrected chi connectivity index (χ3v) is 4.18. The van der Waals surface area contributed by atoms with E-state index in [9.17, 15) is 29.4 Å². The second kappa shape index (κ2) is 12.4. The highest BCUT2D eigenvalue weighted by molar-refractivity contribution is 5.90. The van der Waals surface area contributed by atoms with E-state index in [1.807, 2.05) is 0 Å². The summed E-state index contributed by atoms with van der Waals surface area (Å²) in [5.74, 6) is -3.67. The van der Waals surface area contributed by atoms with Crippen LogP contribution < -0.4 is 10.6 Å². The Morgan fingerprint density at radius 3 is 2.17 bits per heavy atom. The number of amides is 2. The Morgan fingerprint density at radius 2 is 1.63 bits per heavy atom. The lowest BCUT2D eigenvalue weighted by atomic mass is 9.97. The molecule has 10 nitrogen and oxygen atoms in total. The maximum absolute atomic E-state index is 12.5. The molecule has 1 aromatic rings. The van der Waals surface area contributed by atoms with Crippen molar-refractivity contribution in [1.82, 2.24) is 10.6 Å². The van der Waals surface area contributed by atoms with Crippen molar-refractivity contribution in [3.05, 3.63) is 35.9 Å². The fourth-order valence-electron chi connectivity index (χ4n) is 2.59. The smallest absolute Gasteiger partial charge is 0.408 e. The van der Waals surface area contributed by atoms with Gasteiger partial charge in [0, 0.05) is 0 Å². The summed E-state index contributed by atoms with van der Waals surface area (Å²) in [4.78, 5) is 47.7. The molecule has 0 heterocycles. The van der Waals surface area contributed by atoms with Crippen LogP contribution in [-0.4, -0.2) is 58.9 Å². The van der Waals surface area contributed by atoms with Crippen LogP contribution in [0, 0.1) is 5.92 Å². The quantitative estimate of drug-likeness (QED) is 0.381. The Morgan fingerprint density at radius 1 is 1.00 bits per heavy atom. The van der Waals surface area contributed by atoms with Crippen LogP contribution in [0.3, 0.4) is 0 Å². The van der Waals surface area contributed by atoms with E-state index in [1.165, 1.54) is 13.8 Å². The average molecular weight is 424 g/mol. The fraction of sp³-hybridized carbons (Fsp3) is 0.500. The van der Waals surface area contributed by atoms with Crippen molar-refractivity contribution in [2.75, 3.05) is 6.61 Å². The lowest BCUT2D eigenvalue weighted by molar-refractivity contribution is -0.147. The van der Waals surface area contributed by atoms with Gasteiger partial charge < -0.3 is 30.3 Å². The van der Waals surface area contributed by atoms with E-state index in [2.05, 4.69) is 10.6 Å². The standard InChI is InChI=1S/C20H28N2O8/c1-4-29-15(24)10-12(2)16(19(26)27)21-18(25)17(13(3)23)22-20(28)30-11-14-8-6-5-7-9-14/h5-9,12-13,16-17,23H,4,10-11H2,1-3H3,(H,21,25)(H,22,28)(H,26,27)/t12-,13+,16-,17-/m0/s1. The van der Waals surface area contributed by atoms with Crippen LogP contribution in [0.4, 0.5) is 4.79 Å². The number of aliphatic carboxylic acids is 1. The van der Waals surface area contributed by atoms with E-state index in [0.717, 1.165) is 5.56 Å². The SMILES string of the molecule is CCOC(=O)C[C@H](C)[C@H](NC(=O)[C@@H](NC(=O)OCc1ccccc1)[C@@H](C)O)C(=O)O. The first-order valence-electron chi connectivity index (χ1n) is 9.49. The van der Waals surface area contributed by atoms with Gasteiger partial charge in [-0.3, -0.25) is 9.59 Å². The highest BCUT2D eigenvalue weighted by Crippen LogP contribution is 2.11. The van der Waals surface area contributed by atoms with E-state index in [0.29, 0.717) is 0 Å². The number of carboxylic acids is 1. The number of aliphatic hydroxyl groups excluding tert-OH is 1. The molecular weight excluding hydrogens is 396 g/mol. The number of esters is 1. The highest BCUT2D eigenvalue weighted by Gasteiger charge is 2.33. The van der Waals surface area contributed by atoms with E-state index in [1.54, 1.807) is 37.3 Å². The monoisotopic (exact) mass is 424 g/mol. The third kappa shape index (κ3) is 8.48. The van der Waals surface area contributed by atoms with Crippen molar-refractivity contribution < 1.29 is 38.9 Å². The number of hydrogen-bond acceptors (Lipinski definition) is 7. The first-order chi connectivity index (χ1) is 14.1. The van der Waals surface area contributed by atoms with Crippen molar-refractivity contribution in [2.24, 2.45) is 5.92 Å². The zero-order valence-corrected chi connectivity index (χ0v) is 17.2. The van der Waals surface area contributed by atoms with Gasteiger partial charge in [-0.15, -0.1) is 0 Å². The number of carbonyl (C=O) groups is 4. The maximum atomic E-state index is 12.5. The molecule has 0 bridgehead atoms. The topological polar surface area (TPSA) is 151 Å². The van der Waals surface area contributed by atoms with E-state index in [-0.39, 0.29) is 19.6 Å². The summed E-state index contributed by atoms with van der Waals surface area (Å²) >= 11 is 0. The molecule has 10 heteroatoms. The minimum absolute atomic E-state index is 0.0465. The maximum Gasteiger partial charge on any atom is 0.408 e. The van der Waals surface area contributed by atoms with Crippen molar-refractivity contribution in [3.8, 4) is 0 Å². The number of ether oxygens (including phenoxy) is 2. The number of aliphatic hydroxyl groups is 1. The van der Waals surface area contributed by atoms with Gasteiger partial charge in [-0.25, -0.2) is 9.59 Å². The molecule has 166 valence electrons. The van der Waals surface area contributed by atoms with Gasteiger partial charge in [-0.1, -0.05) is 37.3 Å². The van der Waals surface area contributed by atoms with Crippen LogP contribution in [0.5, 0.6) is 0 Å². The molecule has 0 aromatic heterocycles. The Labute approximate surface area is 174 Å². The molecule has 0 saturated carbocycles. The molecule has 0 aliphatic rings. The van der Waals surface area contributed by atoms with Crippen LogP contribution in [0.15, 0.2) is 30.3 Å². The van der Waals surface area contributed by atoms with Crippen LogP contribution in [0.1, 0.15) is 32.8 Å². The normalized spacial score (nSPS) is 14.5. The molecule has 2 amide bonds. The van der Waals surface area contributed by atoms with Crippen molar-refractivity contribution in [2.45, 2.75) is 52.0 Å². The van der Waals surface area contributed by atoms with E-state index >= 15 is 0 Å². The number of hydrogen-bond donors (Lipinski definition) is 4. The van der Waals surface area contributed by atoms with E-state index < -0.39 is 48.0 Å². The minimum atomic E-state index is -1.45. The van der Waals surface area contributed by atoms with Crippen LogP contribution in [0.2, 0.25) is 0 Å². The van der Waals surface area contributed by atoms with Gasteiger partial charge in [0.1, 0.15) is 18.7 Å². The first-order valence-corrected chi connectivity index (χ1v) is 9.49.